The van der Waals surface area contributed by atoms with Crippen molar-refractivity contribution in [2.24, 2.45) is 7.05 Å². The lowest BCUT2D eigenvalue weighted by Crippen LogP contribution is -2.37. The summed E-state index contributed by atoms with van der Waals surface area (Å²) in [6, 6.07) is 11.6. The van der Waals surface area contributed by atoms with Gasteiger partial charge in [-0.25, -0.2) is 4.79 Å². The minimum Gasteiger partial charge on any atom is -0.303 e. The summed E-state index contributed by atoms with van der Waals surface area (Å²) in [5, 5.41) is 0. The van der Waals surface area contributed by atoms with E-state index in [9.17, 15) is 9.59 Å². The van der Waals surface area contributed by atoms with Gasteiger partial charge in [0.1, 0.15) is 0 Å². The highest BCUT2D eigenvalue weighted by atomic mass is 16.2. The van der Waals surface area contributed by atoms with Gasteiger partial charge in [-0.1, -0.05) is 30.3 Å². The Morgan fingerprint density at radius 1 is 1.00 bits per heavy atom. The highest BCUT2D eigenvalue weighted by Gasteiger charge is 2.02. The minimum absolute atomic E-state index is 0.220. The number of unbranched alkanes of at least 4 members (excludes halogenated alkanes) is 1. The molecule has 1 aromatic heterocycles. The van der Waals surface area contributed by atoms with Crippen LogP contribution >= 0.6 is 0 Å². The first-order valence-electron chi connectivity index (χ1n) is 6.49. The molecule has 0 saturated heterocycles. The van der Waals surface area contributed by atoms with Gasteiger partial charge in [0.2, 0.25) is 0 Å². The van der Waals surface area contributed by atoms with Crippen LogP contribution in [0.15, 0.2) is 52.2 Å². The number of rotatable bonds is 5. The molecule has 0 unspecified atom stereocenters. The zero-order valence-corrected chi connectivity index (χ0v) is 11.1. The predicted octanol–water partition coefficient (Wildman–Crippen LogP) is 1.57. The van der Waals surface area contributed by atoms with Gasteiger partial charge in [0.25, 0.3) is 5.56 Å². The van der Waals surface area contributed by atoms with Crippen molar-refractivity contribution in [1.29, 1.82) is 0 Å². The number of hydrogen-bond acceptors (Lipinski definition) is 2. The van der Waals surface area contributed by atoms with Crippen molar-refractivity contribution < 1.29 is 0 Å². The Bertz CT molecular complexity index is 641. The maximum atomic E-state index is 11.8. The summed E-state index contributed by atoms with van der Waals surface area (Å²) in [6.07, 6.45) is 4.27. The second kappa shape index (κ2) is 6.18. The van der Waals surface area contributed by atoms with Crippen molar-refractivity contribution in [2.75, 3.05) is 0 Å². The molecular formula is C15H18N2O2. The number of aryl methyl sites for hydroxylation is 2. The van der Waals surface area contributed by atoms with Crippen LogP contribution < -0.4 is 11.2 Å². The molecule has 100 valence electrons. The van der Waals surface area contributed by atoms with Gasteiger partial charge in [-0.2, -0.15) is 0 Å². The number of nitrogens with zero attached hydrogens (tertiary/aromatic N) is 2. The summed E-state index contributed by atoms with van der Waals surface area (Å²) in [6.45, 7) is 0.485. The maximum Gasteiger partial charge on any atom is 0.330 e. The van der Waals surface area contributed by atoms with Crippen LogP contribution in [-0.2, 0) is 20.0 Å². The van der Waals surface area contributed by atoms with Crippen molar-refractivity contribution in [3.63, 3.8) is 0 Å². The van der Waals surface area contributed by atoms with Crippen molar-refractivity contribution >= 4 is 0 Å². The van der Waals surface area contributed by atoms with E-state index in [0.29, 0.717) is 6.54 Å². The van der Waals surface area contributed by atoms with E-state index in [1.54, 1.807) is 7.05 Å². The molecule has 0 aliphatic rings. The van der Waals surface area contributed by atoms with E-state index in [1.807, 2.05) is 18.2 Å². The third-order valence-corrected chi connectivity index (χ3v) is 3.18. The Hall–Kier alpha value is -2.10. The first-order valence-corrected chi connectivity index (χ1v) is 6.49. The van der Waals surface area contributed by atoms with Gasteiger partial charge in [0.15, 0.2) is 0 Å². The third kappa shape index (κ3) is 3.44. The lowest BCUT2D eigenvalue weighted by molar-refractivity contribution is 0.546. The molecule has 0 spiro atoms. The molecule has 0 aliphatic carbocycles. The van der Waals surface area contributed by atoms with E-state index < -0.39 is 0 Å². The molecule has 0 atom stereocenters. The minimum atomic E-state index is -0.243. The largest absolute Gasteiger partial charge is 0.330 e. The average Bonchev–Trinajstić information content (AvgIpc) is 2.43. The maximum absolute atomic E-state index is 11.8. The summed E-state index contributed by atoms with van der Waals surface area (Å²) in [7, 11) is 1.66. The van der Waals surface area contributed by atoms with E-state index in [0.717, 1.165) is 19.3 Å². The van der Waals surface area contributed by atoms with E-state index in [2.05, 4.69) is 12.1 Å². The summed E-state index contributed by atoms with van der Waals surface area (Å²) >= 11 is 0. The fourth-order valence-electron chi connectivity index (χ4n) is 2.06. The number of hydrogen-bond donors (Lipinski definition) is 0. The Balaban J connectivity index is 1.92. The molecule has 0 bridgehead atoms. The van der Waals surface area contributed by atoms with Crippen molar-refractivity contribution in [3.8, 4) is 0 Å². The highest BCUT2D eigenvalue weighted by molar-refractivity contribution is 5.14. The second-order valence-corrected chi connectivity index (χ2v) is 4.64. The van der Waals surface area contributed by atoms with Gasteiger partial charge in [-0.3, -0.25) is 9.36 Å². The van der Waals surface area contributed by atoms with Crippen LogP contribution in [-0.4, -0.2) is 9.13 Å². The predicted molar refractivity (Wildman–Crippen MR) is 75.3 cm³/mol. The topological polar surface area (TPSA) is 44.0 Å². The SMILES string of the molecule is Cn1ccc(=O)n(CCCCc2ccccc2)c1=O. The van der Waals surface area contributed by atoms with Gasteiger partial charge in [0, 0.05) is 25.9 Å². The lowest BCUT2D eigenvalue weighted by Gasteiger charge is -2.06. The highest BCUT2D eigenvalue weighted by Crippen LogP contribution is 2.04. The molecule has 4 nitrogen and oxygen atoms in total. The number of aromatic nitrogens is 2. The van der Waals surface area contributed by atoms with Crippen LogP contribution in [0.4, 0.5) is 0 Å². The Labute approximate surface area is 111 Å². The summed E-state index contributed by atoms with van der Waals surface area (Å²) in [4.78, 5) is 23.4. The van der Waals surface area contributed by atoms with Crippen LogP contribution in [0.2, 0.25) is 0 Å². The average molecular weight is 258 g/mol. The molecule has 19 heavy (non-hydrogen) atoms. The third-order valence-electron chi connectivity index (χ3n) is 3.18. The van der Waals surface area contributed by atoms with E-state index in [-0.39, 0.29) is 11.2 Å². The molecule has 1 heterocycles. The van der Waals surface area contributed by atoms with Gasteiger partial charge in [-0.05, 0) is 24.8 Å². The van der Waals surface area contributed by atoms with Gasteiger partial charge in [0.05, 0.1) is 0 Å². The molecule has 2 rings (SSSR count). The Morgan fingerprint density at radius 2 is 1.74 bits per heavy atom. The standard InChI is InChI=1S/C15H18N2O2/c1-16-12-10-14(18)17(15(16)19)11-6-5-9-13-7-3-2-4-8-13/h2-4,7-8,10,12H,5-6,9,11H2,1H3. The van der Waals surface area contributed by atoms with Gasteiger partial charge >= 0.3 is 5.69 Å². The van der Waals surface area contributed by atoms with E-state index in [4.69, 9.17) is 0 Å². The van der Waals surface area contributed by atoms with Crippen LogP contribution in [0.5, 0.6) is 0 Å². The monoisotopic (exact) mass is 258 g/mol. The molecule has 0 radical (unpaired) electrons. The molecule has 0 aliphatic heterocycles. The molecular weight excluding hydrogens is 240 g/mol. The van der Waals surface area contributed by atoms with Crippen LogP contribution in [0.1, 0.15) is 18.4 Å². The fraction of sp³-hybridized carbons (Fsp3) is 0.333. The molecule has 2 aromatic rings. The summed E-state index contributed by atoms with van der Waals surface area (Å²) in [5.74, 6) is 0. The molecule has 0 amide bonds. The van der Waals surface area contributed by atoms with Crippen LogP contribution in [0.3, 0.4) is 0 Å². The van der Waals surface area contributed by atoms with Crippen LogP contribution in [0, 0.1) is 0 Å². The molecule has 0 N–H and O–H groups in total. The zero-order chi connectivity index (χ0) is 13.7. The van der Waals surface area contributed by atoms with Crippen molar-refractivity contribution in [3.05, 3.63) is 69.0 Å². The molecule has 0 fully saturated rings. The number of benzene rings is 1. The second-order valence-electron chi connectivity index (χ2n) is 4.64. The Kier molecular flexibility index (Phi) is 4.34. The van der Waals surface area contributed by atoms with E-state index in [1.165, 1.54) is 27.0 Å². The lowest BCUT2D eigenvalue weighted by atomic mass is 10.1. The van der Waals surface area contributed by atoms with Crippen molar-refractivity contribution in [1.82, 2.24) is 9.13 Å². The van der Waals surface area contributed by atoms with Gasteiger partial charge < -0.3 is 4.57 Å². The smallest absolute Gasteiger partial charge is 0.303 e. The fourth-order valence-corrected chi connectivity index (χ4v) is 2.06. The first kappa shape index (κ1) is 13.3. The normalized spacial score (nSPS) is 10.6. The van der Waals surface area contributed by atoms with Crippen LogP contribution in [0.25, 0.3) is 0 Å². The quantitative estimate of drug-likeness (QED) is 0.764. The first-order chi connectivity index (χ1) is 9.18. The van der Waals surface area contributed by atoms with E-state index >= 15 is 0 Å². The van der Waals surface area contributed by atoms with Crippen molar-refractivity contribution in [2.45, 2.75) is 25.8 Å². The van der Waals surface area contributed by atoms with Gasteiger partial charge in [-0.15, -0.1) is 0 Å². The summed E-state index contributed by atoms with van der Waals surface area (Å²) in [5.41, 5.74) is 0.825. The molecule has 1 aromatic carbocycles. The molecule has 4 heteroatoms. The Morgan fingerprint density at radius 3 is 2.47 bits per heavy atom. The summed E-state index contributed by atoms with van der Waals surface area (Å²) < 4.78 is 2.73. The zero-order valence-electron chi connectivity index (χ0n) is 11.1. The molecule has 0 saturated carbocycles.